The van der Waals surface area contributed by atoms with Crippen LogP contribution < -0.4 is 10.1 Å². The Balaban J connectivity index is 1.89. The van der Waals surface area contributed by atoms with Gasteiger partial charge < -0.3 is 10.1 Å². The van der Waals surface area contributed by atoms with Crippen LogP contribution in [0.3, 0.4) is 0 Å². The fourth-order valence-corrected chi connectivity index (χ4v) is 2.54. The second-order valence-electron chi connectivity index (χ2n) is 5.61. The van der Waals surface area contributed by atoms with E-state index in [0.717, 1.165) is 24.2 Å². The van der Waals surface area contributed by atoms with Crippen molar-refractivity contribution in [1.29, 1.82) is 0 Å². The lowest BCUT2D eigenvalue weighted by atomic mass is 9.99. The normalized spacial score (nSPS) is 16.0. The molecular formula is C18H25NO2. The minimum atomic E-state index is -0.421. The van der Waals surface area contributed by atoms with E-state index in [2.05, 4.69) is 11.4 Å². The Bertz CT molecular complexity index is 508. The number of para-hydroxylation sites is 1. The molecule has 1 aromatic carbocycles. The molecule has 0 radical (unpaired) electrons. The van der Waals surface area contributed by atoms with Gasteiger partial charge in [-0.15, -0.1) is 0 Å². The molecule has 0 bridgehead atoms. The molecule has 0 aliphatic heterocycles. The van der Waals surface area contributed by atoms with E-state index >= 15 is 0 Å². The highest BCUT2D eigenvalue weighted by Gasteiger charge is 2.19. The standard InChI is InChI=1S/C18H25NO2/c1-3-16(21-17-12-8-7-9-14(17)2)18(20)19-13-15-10-5-4-6-11-15/h7-10,12,16H,3-6,11,13H2,1-2H3,(H,19,20)/t16-/m0/s1. The predicted molar refractivity (Wildman–Crippen MR) is 85.4 cm³/mol. The summed E-state index contributed by atoms with van der Waals surface area (Å²) in [4.78, 5) is 12.3. The van der Waals surface area contributed by atoms with E-state index in [1.165, 1.54) is 18.4 Å². The molecule has 0 heterocycles. The van der Waals surface area contributed by atoms with Crippen LogP contribution in [0.25, 0.3) is 0 Å². The highest BCUT2D eigenvalue weighted by atomic mass is 16.5. The van der Waals surface area contributed by atoms with Crippen molar-refractivity contribution in [2.45, 2.75) is 52.1 Å². The van der Waals surface area contributed by atoms with Crippen molar-refractivity contribution >= 4 is 5.91 Å². The van der Waals surface area contributed by atoms with Gasteiger partial charge in [0.05, 0.1) is 0 Å². The zero-order valence-electron chi connectivity index (χ0n) is 13.0. The molecule has 1 atom stereocenters. The van der Waals surface area contributed by atoms with Crippen LogP contribution in [0.5, 0.6) is 5.75 Å². The van der Waals surface area contributed by atoms with Crippen LogP contribution in [-0.4, -0.2) is 18.6 Å². The highest BCUT2D eigenvalue weighted by molar-refractivity contribution is 5.81. The number of rotatable bonds is 6. The quantitative estimate of drug-likeness (QED) is 0.809. The number of allylic oxidation sites excluding steroid dienone is 1. The van der Waals surface area contributed by atoms with Gasteiger partial charge in [-0.25, -0.2) is 0 Å². The van der Waals surface area contributed by atoms with E-state index in [4.69, 9.17) is 4.74 Å². The van der Waals surface area contributed by atoms with Crippen LogP contribution in [0.4, 0.5) is 0 Å². The number of ether oxygens (including phenoxy) is 1. The molecule has 21 heavy (non-hydrogen) atoms. The third-order valence-corrected chi connectivity index (χ3v) is 3.90. The zero-order chi connectivity index (χ0) is 15.1. The summed E-state index contributed by atoms with van der Waals surface area (Å²) in [5, 5.41) is 3.01. The summed E-state index contributed by atoms with van der Waals surface area (Å²) >= 11 is 0. The molecule has 0 unspecified atom stereocenters. The molecule has 1 aliphatic rings. The molecule has 3 heteroatoms. The largest absolute Gasteiger partial charge is 0.480 e. The summed E-state index contributed by atoms with van der Waals surface area (Å²) in [5.74, 6) is 0.767. The number of hydrogen-bond donors (Lipinski definition) is 1. The fourth-order valence-electron chi connectivity index (χ4n) is 2.54. The first-order chi connectivity index (χ1) is 10.2. The van der Waals surface area contributed by atoms with E-state index in [1.54, 1.807) is 0 Å². The third kappa shape index (κ3) is 4.62. The van der Waals surface area contributed by atoms with Crippen LogP contribution in [0, 0.1) is 6.92 Å². The number of benzene rings is 1. The molecule has 0 saturated carbocycles. The Morgan fingerprint density at radius 3 is 2.81 bits per heavy atom. The van der Waals surface area contributed by atoms with Gasteiger partial charge >= 0.3 is 0 Å². The van der Waals surface area contributed by atoms with Gasteiger partial charge in [0.15, 0.2) is 6.10 Å². The molecule has 3 nitrogen and oxygen atoms in total. The molecule has 2 rings (SSSR count). The SMILES string of the molecule is CC[C@H](Oc1ccccc1C)C(=O)NCC1=CCCCC1. The Labute approximate surface area is 127 Å². The lowest BCUT2D eigenvalue weighted by Crippen LogP contribution is -2.39. The third-order valence-electron chi connectivity index (χ3n) is 3.90. The maximum absolute atomic E-state index is 12.3. The van der Waals surface area contributed by atoms with Crippen molar-refractivity contribution in [2.24, 2.45) is 0 Å². The molecule has 1 amide bonds. The molecule has 0 fully saturated rings. The van der Waals surface area contributed by atoms with Crippen LogP contribution in [0.2, 0.25) is 0 Å². The first-order valence-corrected chi connectivity index (χ1v) is 7.88. The second-order valence-corrected chi connectivity index (χ2v) is 5.61. The first kappa shape index (κ1) is 15.6. The number of carbonyl (C=O) groups is 1. The Hall–Kier alpha value is -1.77. The number of amides is 1. The van der Waals surface area contributed by atoms with Gasteiger partial charge in [0, 0.05) is 6.54 Å². The second kappa shape index (κ2) is 7.87. The van der Waals surface area contributed by atoms with Gasteiger partial charge in [-0.3, -0.25) is 4.79 Å². The molecule has 0 spiro atoms. The number of hydrogen-bond acceptors (Lipinski definition) is 2. The molecule has 0 saturated heterocycles. The van der Waals surface area contributed by atoms with Gasteiger partial charge in [-0.2, -0.15) is 0 Å². The summed E-state index contributed by atoms with van der Waals surface area (Å²) in [6.07, 6.45) is 7.25. The van der Waals surface area contributed by atoms with Crippen molar-refractivity contribution in [3.63, 3.8) is 0 Å². The number of carbonyl (C=O) groups excluding carboxylic acids is 1. The number of aryl methyl sites for hydroxylation is 1. The minimum Gasteiger partial charge on any atom is -0.480 e. The van der Waals surface area contributed by atoms with Gasteiger partial charge in [-0.1, -0.05) is 36.8 Å². The van der Waals surface area contributed by atoms with E-state index in [0.29, 0.717) is 13.0 Å². The highest BCUT2D eigenvalue weighted by Crippen LogP contribution is 2.19. The average molecular weight is 287 g/mol. The van der Waals surface area contributed by atoms with Crippen LogP contribution >= 0.6 is 0 Å². The summed E-state index contributed by atoms with van der Waals surface area (Å²) in [7, 11) is 0. The van der Waals surface area contributed by atoms with Crippen LogP contribution in [-0.2, 0) is 4.79 Å². The molecule has 1 aliphatic carbocycles. The Morgan fingerprint density at radius 1 is 1.33 bits per heavy atom. The van der Waals surface area contributed by atoms with Gasteiger partial charge in [0.2, 0.25) is 0 Å². The van der Waals surface area contributed by atoms with Crippen molar-refractivity contribution in [3.05, 3.63) is 41.5 Å². The lowest BCUT2D eigenvalue weighted by molar-refractivity contribution is -0.127. The van der Waals surface area contributed by atoms with E-state index in [1.807, 2.05) is 38.1 Å². The van der Waals surface area contributed by atoms with E-state index in [9.17, 15) is 4.79 Å². The fraction of sp³-hybridized carbons (Fsp3) is 0.500. The van der Waals surface area contributed by atoms with Gasteiger partial charge in [-0.05, 0) is 50.7 Å². The summed E-state index contributed by atoms with van der Waals surface area (Å²) < 4.78 is 5.86. The predicted octanol–water partition coefficient (Wildman–Crippen LogP) is 3.77. The van der Waals surface area contributed by atoms with Crippen molar-refractivity contribution in [3.8, 4) is 5.75 Å². The zero-order valence-corrected chi connectivity index (χ0v) is 13.0. The number of nitrogens with one attached hydrogen (secondary N) is 1. The minimum absolute atomic E-state index is 0.0211. The average Bonchev–Trinajstić information content (AvgIpc) is 2.53. The summed E-state index contributed by atoms with van der Waals surface area (Å²) in [5.41, 5.74) is 2.40. The van der Waals surface area contributed by atoms with Gasteiger partial charge in [0.1, 0.15) is 5.75 Å². The van der Waals surface area contributed by atoms with Crippen LogP contribution in [0.15, 0.2) is 35.9 Å². The maximum atomic E-state index is 12.3. The van der Waals surface area contributed by atoms with E-state index in [-0.39, 0.29) is 5.91 Å². The van der Waals surface area contributed by atoms with Crippen molar-refractivity contribution in [2.75, 3.05) is 6.54 Å². The molecule has 1 aromatic rings. The van der Waals surface area contributed by atoms with Gasteiger partial charge in [0.25, 0.3) is 5.91 Å². The molecule has 1 N–H and O–H groups in total. The lowest BCUT2D eigenvalue weighted by Gasteiger charge is -2.20. The Morgan fingerprint density at radius 2 is 2.14 bits per heavy atom. The van der Waals surface area contributed by atoms with Crippen molar-refractivity contribution in [1.82, 2.24) is 5.32 Å². The molecular weight excluding hydrogens is 262 g/mol. The van der Waals surface area contributed by atoms with Crippen molar-refractivity contribution < 1.29 is 9.53 Å². The monoisotopic (exact) mass is 287 g/mol. The summed E-state index contributed by atoms with van der Waals surface area (Å²) in [6.45, 7) is 4.63. The molecule has 114 valence electrons. The topological polar surface area (TPSA) is 38.3 Å². The summed E-state index contributed by atoms with van der Waals surface area (Å²) in [6, 6.07) is 7.81. The maximum Gasteiger partial charge on any atom is 0.261 e. The Kier molecular flexibility index (Phi) is 5.85. The van der Waals surface area contributed by atoms with E-state index < -0.39 is 6.10 Å². The smallest absolute Gasteiger partial charge is 0.261 e. The molecule has 0 aromatic heterocycles. The van der Waals surface area contributed by atoms with Crippen LogP contribution in [0.1, 0.15) is 44.6 Å². The first-order valence-electron chi connectivity index (χ1n) is 7.88.